The number of pyridine rings is 1. The quantitative estimate of drug-likeness (QED) is 0.859. The van der Waals surface area contributed by atoms with Crippen LogP contribution in [0.4, 0.5) is 10.5 Å². The number of hydrogen-bond acceptors (Lipinski definition) is 4. The summed E-state index contributed by atoms with van der Waals surface area (Å²) < 4.78 is 24.5. The Labute approximate surface area is 153 Å². The van der Waals surface area contributed by atoms with Crippen LogP contribution >= 0.6 is 0 Å². The van der Waals surface area contributed by atoms with Crippen LogP contribution in [0.5, 0.6) is 0 Å². The van der Waals surface area contributed by atoms with Crippen LogP contribution in [0.2, 0.25) is 0 Å². The summed E-state index contributed by atoms with van der Waals surface area (Å²) in [7, 11) is -3.16. The Hall–Kier alpha value is -2.45. The second-order valence-corrected chi connectivity index (χ2v) is 8.34. The molecule has 0 spiro atoms. The Kier molecular flexibility index (Phi) is 5.53. The molecule has 1 aromatic heterocycles. The van der Waals surface area contributed by atoms with Crippen molar-refractivity contribution < 1.29 is 13.2 Å². The van der Waals surface area contributed by atoms with Gasteiger partial charge in [0.2, 0.25) is 10.0 Å². The van der Waals surface area contributed by atoms with Crippen molar-refractivity contribution in [2.45, 2.75) is 18.9 Å². The number of carbonyl (C=O) groups excluding carboxylic acids is 1. The largest absolute Gasteiger partial charge is 0.335 e. The number of hydrogen-bond donors (Lipinski definition) is 2. The molecular formula is C18H22N4O3S. The maximum atomic E-state index is 12.2. The Bertz CT molecular complexity index is 863. The fourth-order valence-electron chi connectivity index (χ4n) is 2.99. The molecular weight excluding hydrogens is 352 g/mol. The predicted octanol–water partition coefficient (Wildman–Crippen LogP) is 2.29. The van der Waals surface area contributed by atoms with Gasteiger partial charge in [-0.25, -0.2) is 17.5 Å². The molecule has 0 unspecified atom stereocenters. The summed E-state index contributed by atoms with van der Waals surface area (Å²) in [5, 5.41) is 5.75. The molecule has 1 aromatic carbocycles. The summed E-state index contributed by atoms with van der Waals surface area (Å²) in [5.74, 6) is 0. The van der Waals surface area contributed by atoms with Gasteiger partial charge in [0.25, 0.3) is 0 Å². The molecule has 26 heavy (non-hydrogen) atoms. The summed E-state index contributed by atoms with van der Waals surface area (Å²) in [4.78, 5) is 16.3. The second kappa shape index (κ2) is 7.84. The van der Waals surface area contributed by atoms with Gasteiger partial charge in [-0.05, 0) is 36.6 Å². The highest BCUT2D eigenvalue weighted by Gasteiger charge is 2.25. The molecule has 1 fully saturated rings. The van der Waals surface area contributed by atoms with E-state index in [0.29, 0.717) is 31.6 Å². The number of carbonyl (C=O) groups is 1. The molecule has 1 saturated heterocycles. The monoisotopic (exact) mass is 374 g/mol. The topological polar surface area (TPSA) is 91.4 Å². The van der Waals surface area contributed by atoms with E-state index in [0.717, 1.165) is 11.1 Å². The van der Waals surface area contributed by atoms with Crippen molar-refractivity contribution in [3.05, 3.63) is 48.8 Å². The zero-order valence-corrected chi connectivity index (χ0v) is 15.4. The van der Waals surface area contributed by atoms with Crippen molar-refractivity contribution >= 4 is 21.7 Å². The molecule has 8 heteroatoms. The standard InChI is InChI=1S/C18H22N4O3S/c1-26(24,25)22-10-7-16(8-11-22)20-18(23)21-17-6-2-4-14(12-17)15-5-3-9-19-13-15/h2-6,9,12-13,16H,7-8,10-11H2,1H3,(H2,20,21,23). The van der Waals surface area contributed by atoms with Gasteiger partial charge >= 0.3 is 6.03 Å². The smallest absolute Gasteiger partial charge is 0.319 e. The van der Waals surface area contributed by atoms with Crippen LogP contribution < -0.4 is 10.6 Å². The van der Waals surface area contributed by atoms with E-state index in [1.807, 2.05) is 36.4 Å². The first-order valence-corrected chi connectivity index (χ1v) is 10.3. The first kappa shape index (κ1) is 18.3. The average molecular weight is 374 g/mol. The number of benzene rings is 1. The van der Waals surface area contributed by atoms with Gasteiger partial charge in [0.15, 0.2) is 0 Å². The minimum Gasteiger partial charge on any atom is -0.335 e. The van der Waals surface area contributed by atoms with Crippen molar-refractivity contribution in [1.29, 1.82) is 0 Å². The van der Waals surface area contributed by atoms with Gasteiger partial charge < -0.3 is 10.6 Å². The Morgan fingerprint density at radius 3 is 2.54 bits per heavy atom. The summed E-state index contributed by atoms with van der Waals surface area (Å²) in [5.41, 5.74) is 2.64. The fourth-order valence-corrected chi connectivity index (χ4v) is 3.87. The summed E-state index contributed by atoms with van der Waals surface area (Å²) >= 11 is 0. The van der Waals surface area contributed by atoms with Crippen LogP contribution in [0, 0.1) is 0 Å². The highest BCUT2D eigenvalue weighted by molar-refractivity contribution is 7.88. The van der Waals surface area contributed by atoms with E-state index in [1.165, 1.54) is 10.6 Å². The first-order chi connectivity index (χ1) is 12.4. The SMILES string of the molecule is CS(=O)(=O)N1CCC(NC(=O)Nc2cccc(-c3cccnc3)c2)CC1. The molecule has 0 saturated carbocycles. The molecule has 0 atom stereocenters. The van der Waals surface area contributed by atoms with E-state index in [2.05, 4.69) is 15.6 Å². The predicted molar refractivity (Wildman–Crippen MR) is 101 cm³/mol. The number of rotatable bonds is 4. The van der Waals surface area contributed by atoms with Crippen LogP contribution in [0.1, 0.15) is 12.8 Å². The second-order valence-electron chi connectivity index (χ2n) is 6.36. The Balaban J connectivity index is 1.56. The molecule has 2 amide bonds. The molecule has 7 nitrogen and oxygen atoms in total. The number of amides is 2. The number of piperidine rings is 1. The van der Waals surface area contributed by atoms with Crippen molar-refractivity contribution in [1.82, 2.24) is 14.6 Å². The molecule has 3 rings (SSSR count). The zero-order chi connectivity index (χ0) is 18.6. The minimum absolute atomic E-state index is 0.0329. The summed E-state index contributed by atoms with van der Waals surface area (Å²) in [6, 6.07) is 11.1. The lowest BCUT2D eigenvalue weighted by Crippen LogP contribution is -2.47. The molecule has 138 valence electrons. The van der Waals surface area contributed by atoms with Gasteiger partial charge in [-0.1, -0.05) is 18.2 Å². The van der Waals surface area contributed by atoms with Gasteiger partial charge in [-0.15, -0.1) is 0 Å². The first-order valence-electron chi connectivity index (χ1n) is 8.45. The molecule has 1 aliphatic rings. The van der Waals surface area contributed by atoms with Crippen LogP contribution in [-0.2, 0) is 10.0 Å². The Morgan fingerprint density at radius 2 is 1.88 bits per heavy atom. The molecule has 0 radical (unpaired) electrons. The molecule has 1 aliphatic heterocycles. The van der Waals surface area contributed by atoms with Gasteiger partial charge in [-0.3, -0.25) is 4.98 Å². The number of nitrogens with zero attached hydrogens (tertiary/aromatic N) is 2. The van der Waals surface area contributed by atoms with E-state index in [4.69, 9.17) is 0 Å². The zero-order valence-electron chi connectivity index (χ0n) is 14.6. The van der Waals surface area contributed by atoms with Gasteiger partial charge in [-0.2, -0.15) is 0 Å². The number of sulfonamides is 1. The highest BCUT2D eigenvalue weighted by Crippen LogP contribution is 2.21. The number of anilines is 1. The lowest BCUT2D eigenvalue weighted by atomic mass is 10.1. The maximum Gasteiger partial charge on any atom is 0.319 e. The van der Waals surface area contributed by atoms with Crippen molar-refractivity contribution in [2.75, 3.05) is 24.7 Å². The van der Waals surface area contributed by atoms with E-state index in [1.54, 1.807) is 12.4 Å². The molecule has 2 aromatic rings. The third-order valence-electron chi connectivity index (χ3n) is 4.37. The average Bonchev–Trinajstić information content (AvgIpc) is 2.62. The van der Waals surface area contributed by atoms with Gasteiger partial charge in [0.1, 0.15) is 0 Å². The number of urea groups is 1. The van der Waals surface area contributed by atoms with Gasteiger partial charge in [0.05, 0.1) is 6.26 Å². The third kappa shape index (κ3) is 4.80. The van der Waals surface area contributed by atoms with E-state index >= 15 is 0 Å². The normalized spacial score (nSPS) is 16.2. The van der Waals surface area contributed by atoms with E-state index < -0.39 is 10.0 Å². The van der Waals surface area contributed by atoms with Crippen LogP contribution in [0.15, 0.2) is 48.8 Å². The summed E-state index contributed by atoms with van der Waals surface area (Å²) in [6.45, 7) is 0.862. The van der Waals surface area contributed by atoms with Crippen molar-refractivity contribution in [3.8, 4) is 11.1 Å². The van der Waals surface area contributed by atoms with Crippen molar-refractivity contribution in [3.63, 3.8) is 0 Å². The molecule has 2 N–H and O–H groups in total. The maximum absolute atomic E-state index is 12.2. The van der Waals surface area contributed by atoms with Crippen LogP contribution in [-0.4, -0.2) is 49.1 Å². The highest BCUT2D eigenvalue weighted by atomic mass is 32.2. The fraction of sp³-hybridized carbons (Fsp3) is 0.333. The summed E-state index contributed by atoms with van der Waals surface area (Å²) in [6.07, 6.45) is 5.91. The van der Waals surface area contributed by atoms with Crippen LogP contribution in [0.3, 0.4) is 0 Å². The molecule has 0 aliphatic carbocycles. The van der Waals surface area contributed by atoms with Gasteiger partial charge in [0, 0.05) is 42.8 Å². The van der Waals surface area contributed by atoms with Crippen molar-refractivity contribution in [2.24, 2.45) is 0 Å². The van der Waals surface area contributed by atoms with E-state index in [9.17, 15) is 13.2 Å². The number of aromatic nitrogens is 1. The number of nitrogens with one attached hydrogen (secondary N) is 2. The molecule has 0 bridgehead atoms. The molecule has 2 heterocycles. The van der Waals surface area contributed by atoms with Crippen LogP contribution in [0.25, 0.3) is 11.1 Å². The third-order valence-corrected chi connectivity index (χ3v) is 5.68. The Morgan fingerprint density at radius 1 is 1.15 bits per heavy atom. The lowest BCUT2D eigenvalue weighted by Gasteiger charge is -2.30. The minimum atomic E-state index is -3.16. The van der Waals surface area contributed by atoms with E-state index in [-0.39, 0.29) is 12.1 Å². The lowest BCUT2D eigenvalue weighted by molar-refractivity contribution is 0.238.